The van der Waals surface area contributed by atoms with Crippen molar-refractivity contribution in [2.75, 3.05) is 12.3 Å². The van der Waals surface area contributed by atoms with Crippen LogP contribution in [0.25, 0.3) is 0 Å². The lowest BCUT2D eigenvalue weighted by atomic mass is 9.43. The Morgan fingerprint density at radius 3 is 2.27 bits per heavy atom. The van der Waals surface area contributed by atoms with Crippen LogP contribution >= 0.6 is 0 Å². The lowest BCUT2D eigenvalue weighted by Crippen LogP contribution is -2.58. The quantitative estimate of drug-likeness (QED) is 0.389. The van der Waals surface area contributed by atoms with E-state index in [0.29, 0.717) is 41.9 Å². The number of nitrogens with zero attached hydrogens (tertiary/aromatic N) is 1. The van der Waals surface area contributed by atoms with Gasteiger partial charge in [0.2, 0.25) is 5.91 Å². The third-order valence-electron chi connectivity index (χ3n) is 11.8. The molecule has 8 heteroatoms. The Bertz CT molecular complexity index is 939. The van der Waals surface area contributed by atoms with Gasteiger partial charge in [-0.2, -0.15) is 8.42 Å². The lowest BCUT2D eigenvalue weighted by Gasteiger charge is -2.62. The Labute approximate surface area is 224 Å². The Morgan fingerprint density at radius 2 is 1.62 bits per heavy atom. The molecule has 0 aromatic heterocycles. The lowest BCUT2D eigenvalue weighted by molar-refractivity contribution is -0.174. The molecule has 0 spiro atoms. The first kappa shape index (κ1) is 29.3. The van der Waals surface area contributed by atoms with E-state index >= 15 is 0 Å². The van der Waals surface area contributed by atoms with Crippen LogP contribution in [0.1, 0.15) is 98.8 Å². The Kier molecular flexibility index (Phi) is 8.47. The normalized spacial score (nSPS) is 42.6. The molecule has 0 aromatic rings. The van der Waals surface area contributed by atoms with Crippen LogP contribution in [0.4, 0.5) is 0 Å². The minimum Gasteiger partial charge on any atom is -0.393 e. The predicted octanol–water partition coefficient (Wildman–Crippen LogP) is 4.52. The SMILES string of the molecule is CC(CCC(=O)N(CCS(=O)(=O)O)C(C)C)C1CCC2C3C(CC[C@]12C)[C@@]1(C)CC[C@@H](O)C[C@H]1C[C@@H]3O. The summed E-state index contributed by atoms with van der Waals surface area (Å²) in [5, 5.41) is 21.7. The van der Waals surface area contributed by atoms with Crippen molar-refractivity contribution in [1.29, 1.82) is 0 Å². The van der Waals surface area contributed by atoms with Gasteiger partial charge in [0.1, 0.15) is 0 Å². The molecular formula is C29H51NO6S. The number of fused-ring (bicyclic) bond motifs is 5. The first-order valence-corrected chi connectivity index (χ1v) is 16.4. The number of aliphatic hydroxyl groups excluding tert-OH is 2. The van der Waals surface area contributed by atoms with E-state index in [1.165, 1.54) is 6.42 Å². The zero-order valence-electron chi connectivity index (χ0n) is 23.6. The number of hydrogen-bond acceptors (Lipinski definition) is 5. The van der Waals surface area contributed by atoms with Crippen LogP contribution in [0, 0.1) is 46.3 Å². The molecule has 4 rings (SSSR count). The topological polar surface area (TPSA) is 115 Å². The number of carbonyl (C=O) groups is 1. The van der Waals surface area contributed by atoms with Crippen LogP contribution in [0.3, 0.4) is 0 Å². The summed E-state index contributed by atoms with van der Waals surface area (Å²) in [4.78, 5) is 14.6. The van der Waals surface area contributed by atoms with E-state index in [-0.39, 0.29) is 41.5 Å². The predicted molar refractivity (Wildman–Crippen MR) is 144 cm³/mol. The van der Waals surface area contributed by atoms with E-state index in [0.717, 1.165) is 51.4 Å². The Morgan fingerprint density at radius 1 is 0.973 bits per heavy atom. The van der Waals surface area contributed by atoms with E-state index in [2.05, 4.69) is 20.8 Å². The molecule has 1 amide bonds. The maximum atomic E-state index is 13.0. The number of hydrogen-bond donors (Lipinski definition) is 3. The molecule has 0 aliphatic heterocycles. The van der Waals surface area contributed by atoms with E-state index in [1.807, 2.05) is 13.8 Å². The first-order valence-electron chi connectivity index (χ1n) is 14.8. The highest BCUT2D eigenvalue weighted by atomic mass is 32.2. The van der Waals surface area contributed by atoms with Crippen LogP contribution in [-0.4, -0.2) is 64.5 Å². The van der Waals surface area contributed by atoms with E-state index in [4.69, 9.17) is 4.55 Å². The molecular weight excluding hydrogens is 490 g/mol. The van der Waals surface area contributed by atoms with Gasteiger partial charge in [0.25, 0.3) is 10.1 Å². The van der Waals surface area contributed by atoms with Gasteiger partial charge >= 0.3 is 0 Å². The van der Waals surface area contributed by atoms with Crippen molar-refractivity contribution < 1.29 is 28.0 Å². The summed E-state index contributed by atoms with van der Waals surface area (Å²) in [5.74, 6) is 2.21. The van der Waals surface area contributed by atoms with Crippen LogP contribution < -0.4 is 0 Å². The summed E-state index contributed by atoms with van der Waals surface area (Å²) in [6.07, 6.45) is 8.90. The van der Waals surface area contributed by atoms with E-state index in [9.17, 15) is 23.4 Å². The molecule has 5 unspecified atom stereocenters. The third-order valence-corrected chi connectivity index (χ3v) is 12.5. The number of aliphatic hydroxyl groups is 2. The minimum atomic E-state index is -4.11. The molecule has 3 N–H and O–H groups in total. The summed E-state index contributed by atoms with van der Waals surface area (Å²) in [7, 11) is -4.11. The Hall–Kier alpha value is -0.700. The van der Waals surface area contributed by atoms with Crippen molar-refractivity contribution in [2.45, 2.75) is 117 Å². The van der Waals surface area contributed by atoms with Crippen molar-refractivity contribution in [3.8, 4) is 0 Å². The highest BCUT2D eigenvalue weighted by Crippen LogP contribution is 2.68. The second kappa shape index (κ2) is 10.7. The molecule has 4 saturated carbocycles. The molecule has 4 aliphatic carbocycles. The Balaban J connectivity index is 1.42. The van der Waals surface area contributed by atoms with Crippen molar-refractivity contribution in [1.82, 2.24) is 4.90 Å². The molecule has 4 fully saturated rings. The van der Waals surface area contributed by atoms with E-state index in [1.54, 1.807) is 4.90 Å². The summed E-state index contributed by atoms with van der Waals surface area (Å²) in [6, 6.07) is -0.118. The molecule has 0 bridgehead atoms. The second-order valence-corrected chi connectivity index (χ2v) is 15.5. The van der Waals surface area contributed by atoms with Gasteiger partial charge in [0.05, 0.1) is 18.0 Å². The summed E-state index contributed by atoms with van der Waals surface area (Å²) in [5.41, 5.74) is 0.396. The zero-order chi connectivity index (χ0) is 27.3. The summed E-state index contributed by atoms with van der Waals surface area (Å²) in [6.45, 7) is 10.9. The fourth-order valence-corrected chi connectivity index (χ4v) is 10.2. The maximum absolute atomic E-state index is 13.0. The number of carbonyl (C=O) groups excluding carboxylic acids is 1. The van der Waals surface area contributed by atoms with Crippen LogP contribution in [0.15, 0.2) is 0 Å². The van der Waals surface area contributed by atoms with E-state index < -0.39 is 15.9 Å². The minimum absolute atomic E-state index is 0.0185. The van der Waals surface area contributed by atoms with Crippen LogP contribution in [0.2, 0.25) is 0 Å². The van der Waals surface area contributed by atoms with Crippen molar-refractivity contribution in [2.24, 2.45) is 46.3 Å². The molecule has 4 aliphatic rings. The standard InChI is InChI=1S/C29H51NO6S/c1-18(2)30(14-15-37(34,35)36)26(33)9-6-19(3)22-7-8-23-27-24(11-13-29(22,23)5)28(4)12-10-21(31)16-20(28)17-25(27)32/h18-25,27,31-32H,6-17H2,1-5H3,(H,34,35,36)/t19?,20-,21+,22?,23?,24?,25-,27?,28-,29+/m0/s1. The highest BCUT2D eigenvalue weighted by Gasteiger charge is 2.62. The smallest absolute Gasteiger partial charge is 0.266 e. The van der Waals surface area contributed by atoms with Gasteiger partial charge in [0.15, 0.2) is 0 Å². The average Bonchev–Trinajstić information content (AvgIpc) is 3.15. The summed E-state index contributed by atoms with van der Waals surface area (Å²) >= 11 is 0. The van der Waals surface area contributed by atoms with Gasteiger partial charge in [-0.15, -0.1) is 0 Å². The molecule has 214 valence electrons. The van der Waals surface area contributed by atoms with Gasteiger partial charge < -0.3 is 15.1 Å². The molecule has 0 heterocycles. The van der Waals surface area contributed by atoms with Crippen molar-refractivity contribution in [3.05, 3.63) is 0 Å². The fraction of sp³-hybridized carbons (Fsp3) is 0.966. The molecule has 10 atom stereocenters. The molecule has 0 radical (unpaired) electrons. The molecule has 37 heavy (non-hydrogen) atoms. The summed E-state index contributed by atoms with van der Waals surface area (Å²) < 4.78 is 31.6. The molecule has 0 saturated heterocycles. The highest BCUT2D eigenvalue weighted by molar-refractivity contribution is 7.85. The number of amides is 1. The molecule has 0 aromatic carbocycles. The molecule has 7 nitrogen and oxygen atoms in total. The van der Waals surface area contributed by atoms with Gasteiger partial charge in [-0.25, -0.2) is 0 Å². The van der Waals surface area contributed by atoms with Crippen LogP contribution in [0.5, 0.6) is 0 Å². The van der Waals surface area contributed by atoms with Gasteiger partial charge in [-0.3, -0.25) is 9.35 Å². The largest absolute Gasteiger partial charge is 0.393 e. The third kappa shape index (κ3) is 5.64. The number of rotatable bonds is 8. The van der Waals surface area contributed by atoms with Gasteiger partial charge in [-0.05, 0) is 118 Å². The van der Waals surface area contributed by atoms with Gasteiger partial charge in [-0.1, -0.05) is 20.8 Å². The van der Waals surface area contributed by atoms with Gasteiger partial charge in [0, 0.05) is 19.0 Å². The second-order valence-electron chi connectivity index (χ2n) is 13.9. The monoisotopic (exact) mass is 541 g/mol. The maximum Gasteiger partial charge on any atom is 0.266 e. The van der Waals surface area contributed by atoms with Crippen molar-refractivity contribution in [3.63, 3.8) is 0 Å². The first-order chi connectivity index (χ1) is 17.2. The average molecular weight is 542 g/mol. The fourth-order valence-electron chi connectivity index (χ4n) is 9.76. The van der Waals surface area contributed by atoms with Crippen molar-refractivity contribution >= 4 is 16.0 Å². The van der Waals surface area contributed by atoms with Crippen LogP contribution in [-0.2, 0) is 14.9 Å². The zero-order valence-corrected chi connectivity index (χ0v) is 24.4.